The molecule has 6 heteroatoms. The zero-order chi connectivity index (χ0) is 14.7. The summed E-state index contributed by atoms with van der Waals surface area (Å²) in [5, 5.41) is 11.2. The second kappa shape index (κ2) is 5.76. The lowest BCUT2D eigenvalue weighted by atomic mass is 10.1. The van der Waals surface area contributed by atoms with Gasteiger partial charge >= 0.3 is 5.63 Å². The summed E-state index contributed by atoms with van der Waals surface area (Å²) in [7, 11) is 0. The Morgan fingerprint density at radius 1 is 0.952 bits per heavy atom. The first-order chi connectivity index (χ1) is 10.2. The molecule has 0 atom stereocenters. The number of halogens is 1. The normalized spacial score (nSPS) is 11.1. The van der Waals surface area contributed by atoms with Crippen LogP contribution < -0.4 is 5.63 Å². The van der Waals surface area contributed by atoms with Crippen molar-refractivity contribution in [1.82, 2.24) is 5.16 Å². The van der Waals surface area contributed by atoms with Gasteiger partial charge in [-0.05, 0) is 24.3 Å². The fraction of sp³-hybridized carbons (Fsp3) is 0. The van der Waals surface area contributed by atoms with E-state index < -0.39 is 5.63 Å². The van der Waals surface area contributed by atoms with Gasteiger partial charge in [-0.15, -0.1) is 5.11 Å². The van der Waals surface area contributed by atoms with Crippen LogP contribution in [0.1, 0.15) is 0 Å². The van der Waals surface area contributed by atoms with Gasteiger partial charge in [0.1, 0.15) is 5.69 Å². The molecule has 0 saturated heterocycles. The summed E-state index contributed by atoms with van der Waals surface area (Å²) in [6, 6.07) is 16.1. The van der Waals surface area contributed by atoms with Crippen LogP contribution in [0.4, 0.5) is 11.4 Å². The summed E-state index contributed by atoms with van der Waals surface area (Å²) in [6.07, 6.45) is 0. The van der Waals surface area contributed by atoms with E-state index in [-0.39, 0.29) is 5.69 Å². The van der Waals surface area contributed by atoms with E-state index in [1.165, 1.54) is 0 Å². The van der Waals surface area contributed by atoms with Gasteiger partial charge in [0.25, 0.3) is 0 Å². The summed E-state index contributed by atoms with van der Waals surface area (Å²) in [6.45, 7) is 0. The molecule has 1 N–H and O–H groups in total. The van der Waals surface area contributed by atoms with Crippen molar-refractivity contribution in [3.63, 3.8) is 0 Å². The molecule has 1 aromatic heterocycles. The molecule has 0 saturated carbocycles. The highest BCUT2D eigenvalue weighted by Crippen LogP contribution is 2.27. The molecule has 3 rings (SSSR count). The first-order valence-corrected chi connectivity index (χ1v) is 6.56. The highest BCUT2D eigenvalue weighted by molar-refractivity contribution is 6.30. The predicted molar refractivity (Wildman–Crippen MR) is 80.4 cm³/mol. The summed E-state index contributed by atoms with van der Waals surface area (Å²) >= 11 is 5.80. The molecular formula is C15H10ClN3O2. The standard InChI is InChI=1S/C15H10ClN3O2/c16-11-6-8-12(9-7-11)17-18-14-13(19-21-15(14)20)10-4-2-1-3-5-10/h1-9,19H. The lowest BCUT2D eigenvalue weighted by molar-refractivity contribution is 0.394. The number of benzene rings is 2. The van der Waals surface area contributed by atoms with Crippen LogP contribution >= 0.6 is 11.6 Å². The molecular weight excluding hydrogens is 290 g/mol. The summed E-state index contributed by atoms with van der Waals surface area (Å²) < 4.78 is 4.80. The quantitative estimate of drug-likeness (QED) is 0.712. The number of hydrogen-bond donors (Lipinski definition) is 1. The lowest BCUT2D eigenvalue weighted by Crippen LogP contribution is -1.90. The Hall–Kier alpha value is -2.66. The SMILES string of the molecule is O=c1o[nH]c(-c2ccccc2)c1N=Nc1ccc(Cl)cc1. The number of H-pyrrole nitrogens is 1. The third-order valence-electron chi connectivity index (χ3n) is 2.83. The molecule has 0 radical (unpaired) electrons. The Morgan fingerprint density at radius 2 is 1.67 bits per heavy atom. The van der Waals surface area contributed by atoms with E-state index in [2.05, 4.69) is 15.4 Å². The maximum absolute atomic E-state index is 11.7. The van der Waals surface area contributed by atoms with Crippen LogP contribution in [0, 0.1) is 0 Å². The predicted octanol–water partition coefficient (Wildman–Crippen LogP) is 4.70. The van der Waals surface area contributed by atoms with Gasteiger partial charge in [-0.2, -0.15) is 5.11 Å². The van der Waals surface area contributed by atoms with E-state index in [0.29, 0.717) is 16.4 Å². The largest absolute Gasteiger partial charge is 0.385 e. The average molecular weight is 300 g/mol. The lowest BCUT2D eigenvalue weighted by Gasteiger charge is -1.96. The molecule has 0 spiro atoms. The highest BCUT2D eigenvalue weighted by atomic mass is 35.5. The topological polar surface area (TPSA) is 70.7 Å². The van der Waals surface area contributed by atoms with Crippen molar-refractivity contribution >= 4 is 23.0 Å². The number of nitrogens with one attached hydrogen (secondary N) is 1. The third kappa shape index (κ3) is 2.93. The molecule has 0 aliphatic heterocycles. The van der Waals surface area contributed by atoms with Crippen LogP contribution in [0.15, 0.2) is 74.1 Å². The average Bonchev–Trinajstić information content (AvgIpc) is 2.89. The zero-order valence-electron chi connectivity index (χ0n) is 10.8. The zero-order valence-corrected chi connectivity index (χ0v) is 11.5. The summed E-state index contributed by atoms with van der Waals surface area (Å²) in [4.78, 5) is 11.7. The molecule has 3 aromatic rings. The molecule has 2 aromatic carbocycles. The van der Waals surface area contributed by atoms with E-state index >= 15 is 0 Å². The smallest absolute Gasteiger partial charge is 0.336 e. The second-order valence-electron chi connectivity index (χ2n) is 4.26. The van der Waals surface area contributed by atoms with Crippen molar-refractivity contribution in [2.45, 2.75) is 0 Å². The van der Waals surface area contributed by atoms with Crippen molar-refractivity contribution in [3.8, 4) is 11.3 Å². The summed E-state index contributed by atoms with van der Waals surface area (Å²) in [5.41, 5.74) is 1.47. The second-order valence-corrected chi connectivity index (χ2v) is 4.69. The molecule has 1 heterocycles. The van der Waals surface area contributed by atoms with E-state index in [9.17, 15) is 4.79 Å². The van der Waals surface area contributed by atoms with E-state index in [1.54, 1.807) is 24.3 Å². The Kier molecular flexibility index (Phi) is 3.66. The third-order valence-corrected chi connectivity index (χ3v) is 3.08. The fourth-order valence-electron chi connectivity index (χ4n) is 1.80. The maximum Gasteiger partial charge on any atom is 0.385 e. The molecule has 0 fully saturated rings. The molecule has 0 unspecified atom stereocenters. The maximum atomic E-state index is 11.7. The van der Waals surface area contributed by atoms with Gasteiger partial charge in [-0.1, -0.05) is 41.9 Å². The molecule has 0 aliphatic carbocycles. The van der Waals surface area contributed by atoms with Crippen LogP contribution in [-0.4, -0.2) is 5.16 Å². The molecule has 21 heavy (non-hydrogen) atoms. The fourth-order valence-corrected chi connectivity index (χ4v) is 1.93. The van der Waals surface area contributed by atoms with Crippen molar-refractivity contribution in [1.29, 1.82) is 0 Å². The van der Waals surface area contributed by atoms with Gasteiger partial charge < -0.3 is 4.52 Å². The van der Waals surface area contributed by atoms with Gasteiger partial charge in [-0.3, -0.25) is 0 Å². The van der Waals surface area contributed by atoms with Crippen molar-refractivity contribution < 1.29 is 4.52 Å². The Morgan fingerprint density at radius 3 is 2.38 bits per heavy atom. The molecule has 0 bridgehead atoms. The van der Waals surface area contributed by atoms with Crippen LogP contribution in [0.5, 0.6) is 0 Å². The minimum Gasteiger partial charge on any atom is -0.336 e. The van der Waals surface area contributed by atoms with E-state index in [1.807, 2.05) is 30.3 Å². The van der Waals surface area contributed by atoms with Crippen molar-refractivity contribution in [2.75, 3.05) is 0 Å². The monoisotopic (exact) mass is 299 g/mol. The van der Waals surface area contributed by atoms with Crippen LogP contribution in [0.2, 0.25) is 5.02 Å². The summed E-state index contributed by atoms with van der Waals surface area (Å²) in [5.74, 6) is 0. The number of azo groups is 1. The van der Waals surface area contributed by atoms with E-state index in [4.69, 9.17) is 16.1 Å². The number of aromatic nitrogens is 1. The van der Waals surface area contributed by atoms with Gasteiger partial charge in [-0.25, -0.2) is 9.95 Å². The number of aromatic amines is 1. The Bertz CT molecular complexity index is 820. The van der Waals surface area contributed by atoms with Gasteiger partial charge in [0.2, 0.25) is 0 Å². The number of nitrogens with zero attached hydrogens (tertiary/aromatic N) is 2. The minimum atomic E-state index is -0.563. The van der Waals surface area contributed by atoms with Crippen LogP contribution in [0.25, 0.3) is 11.3 Å². The first kappa shape index (κ1) is 13.3. The Balaban J connectivity index is 1.98. The number of rotatable bonds is 3. The first-order valence-electron chi connectivity index (χ1n) is 6.18. The van der Waals surface area contributed by atoms with Gasteiger partial charge in [0, 0.05) is 10.6 Å². The van der Waals surface area contributed by atoms with Gasteiger partial charge in [0.15, 0.2) is 5.69 Å². The van der Waals surface area contributed by atoms with E-state index in [0.717, 1.165) is 5.56 Å². The molecule has 0 aliphatic rings. The van der Waals surface area contributed by atoms with Crippen LogP contribution in [-0.2, 0) is 0 Å². The molecule has 5 nitrogen and oxygen atoms in total. The molecule has 104 valence electrons. The minimum absolute atomic E-state index is 0.135. The number of hydrogen-bond acceptors (Lipinski definition) is 4. The Labute approximate surface area is 124 Å². The highest BCUT2D eigenvalue weighted by Gasteiger charge is 2.13. The van der Waals surface area contributed by atoms with Crippen molar-refractivity contribution in [3.05, 3.63) is 70.0 Å². The van der Waals surface area contributed by atoms with Gasteiger partial charge in [0.05, 0.1) is 5.69 Å². The van der Waals surface area contributed by atoms with Crippen LogP contribution in [0.3, 0.4) is 0 Å². The molecule has 0 amide bonds. The van der Waals surface area contributed by atoms with Crippen molar-refractivity contribution in [2.24, 2.45) is 10.2 Å².